The molecular formula is C14H16N4O2. The SMILES string of the molecule is CCOC(=O)c1cn2c(n1)NCC(c1ccncc1)C2. The Kier molecular flexibility index (Phi) is 3.37. The van der Waals surface area contributed by atoms with Crippen molar-refractivity contribution in [2.45, 2.75) is 19.4 Å². The van der Waals surface area contributed by atoms with Crippen molar-refractivity contribution < 1.29 is 9.53 Å². The van der Waals surface area contributed by atoms with Crippen molar-refractivity contribution in [3.05, 3.63) is 42.0 Å². The maximum absolute atomic E-state index is 11.7. The van der Waals surface area contributed by atoms with Gasteiger partial charge in [-0.3, -0.25) is 4.98 Å². The lowest BCUT2D eigenvalue weighted by Crippen LogP contribution is -2.25. The van der Waals surface area contributed by atoms with Gasteiger partial charge in [-0.15, -0.1) is 0 Å². The van der Waals surface area contributed by atoms with E-state index in [1.165, 1.54) is 5.56 Å². The molecule has 0 fully saturated rings. The topological polar surface area (TPSA) is 69.0 Å². The minimum atomic E-state index is -0.378. The Morgan fingerprint density at radius 1 is 1.50 bits per heavy atom. The monoisotopic (exact) mass is 272 g/mol. The van der Waals surface area contributed by atoms with E-state index in [1.54, 1.807) is 25.5 Å². The molecule has 3 rings (SSSR count). The zero-order valence-corrected chi connectivity index (χ0v) is 11.2. The number of carbonyl (C=O) groups is 1. The predicted octanol–water partition coefficient (Wildman–Crippen LogP) is 1.66. The Morgan fingerprint density at radius 3 is 3.05 bits per heavy atom. The second-order valence-electron chi connectivity index (χ2n) is 4.68. The fraction of sp³-hybridized carbons (Fsp3) is 0.357. The molecule has 6 heteroatoms. The van der Waals surface area contributed by atoms with Gasteiger partial charge in [0.05, 0.1) is 6.61 Å². The Labute approximate surface area is 116 Å². The van der Waals surface area contributed by atoms with Crippen LogP contribution in [0.5, 0.6) is 0 Å². The van der Waals surface area contributed by atoms with Gasteiger partial charge in [0.15, 0.2) is 5.69 Å². The first kappa shape index (κ1) is 12.7. The van der Waals surface area contributed by atoms with Gasteiger partial charge in [-0.05, 0) is 24.6 Å². The summed E-state index contributed by atoms with van der Waals surface area (Å²) in [5, 5.41) is 3.25. The van der Waals surface area contributed by atoms with Gasteiger partial charge in [-0.1, -0.05) is 0 Å². The normalized spacial score (nSPS) is 17.1. The van der Waals surface area contributed by atoms with Crippen molar-refractivity contribution in [3.63, 3.8) is 0 Å². The number of carbonyl (C=O) groups excluding carboxylic acids is 1. The first-order valence-corrected chi connectivity index (χ1v) is 6.66. The van der Waals surface area contributed by atoms with Crippen molar-refractivity contribution >= 4 is 11.9 Å². The summed E-state index contributed by atoms with van der Waals surface area (Å²) in [4.78, 5) is 20.0. The van der Waals surface area contributed by atoms with E-state index in [1.807, 2.05) is 16.7 Å². The first-order chi connectivity index (χ1) is 9.78. The minimum absolute atomic E-state index is 0.342. The van der Waals surface area contributed by atoms with Crippen LogP contribution < -0.4 is 5.32 Å². The van der Waals surface area contributed by atoms with E-state index in [0.29, 0.717) is 18.2 Å². The number of anilines is 1. The molecule has 2 aromatic rings. The number of rotatable bonds is 3. The average molecular weight is 272 g/mol. The highest BCUT2D eigenvalue weighted by molar-refractivity contribution is 5.87. The average Bonchev–Trinajstić information content (AvgIpc) is 2.91. The number of esters is 1. The van der Waals surface area contributed by atoms with Gasteiger partial charge in [0.2, 0.25) is 5.95 Å². The second kappa shape index (κ2) is 5.32. The van der Waals surface area contributed by atoms with Gasteiger partial charge >= 0.3 is 5.97 Å². The molecule has 0 bridgehead atoms. The van der Waals surface area contributed by atoms with Gasteiger partial charge < -0.3 is 14.6 Å². The van der Waals surface area contributed by atoms with Gasteiger partial charge in [-0.2, -0.15) is 0 Å². The van der Waals surface area contributed by atoms with E-state index in [-0.39, 0.29) is 5.97 Å². The number of fused-ring (bicyclic) bond motifs is 1. The molecule has 0 saturated heterocycles. The molecule has 2 aromatic heterocycles. The first-order valence-electron chi connectivity index (χ1n) is 6.66. The maximum Gasteiger partial charge on any atom is 0.358 e. The number of pyridine rings is 1. The van der Waals surface area contributed by atoms with Gasteiger partial charge in [0.25, 0.3) is 0 Å². The Balaban J connectivity index is 1.80. The molecule has 0 aliphatic carbocycles. The number of ether oxygens (including phenoxy) is 1. The Bertz CT molecular complexity index is 609. The lowest BCUT2D eigenvalue weighted by Gasteiger charge is -2.25. The van der Waals surface area contributed by atoms with Crippen LogP contribution in [0.3, 0.4) is 0 Å². The second-order valence-corrected chi connectivity index (χ2v) is 4.68. The largest absolute Gasteiger partial charge is 0.461 e. The van der Waals surface area contributed by atoms with Crippen molar-refractivity contribution in [2.75, 3.05) is 18.5 Å². The summed E-state index contributed by atoms with van der Waals surface area (Å²) in [6, 6.07) is 4.03. The Hall–Kier alpha value is -2.37. The number of hydrogen-bond acceptors (Lipinski definition) is 5. The molecule has 3 heterocycles. The lowest BCUT2D eigenvalue weighted by atomic mass is 9.99. The highest BCUT2D eigenvalue weighted by Gasteiger charge is 2.23. The van der Waals surface area contributed by atoms with E-state index in [0.717, 1.165) is 19.0 Å². The zero-order valence-electron chi connectivity index (χ0n) is 11.2. The van der Waals surface area contributed by atoms with E-state index < -0.39 is 0 Å². The molecule has 1 unspecified atom stereocenters. The molecule has 6 nitrogen and oxygen atoms in total. The summed E-state index contributed by atoms with van der Waals surface area (Å²) in [6.07, 6.45) is 5.33. The smallest absolute Gasteiger partial charge is 0.358 e. The van der Waals surface area contributed by atoms with E-state index >= 15 is 0 Å². The molecule has 1 aliphatic heterocycles. The van der Waals surface area contributed by atoms with Crippen LogP contribution in [-0.4, -0.2) is 33.7 Å². The summed E-state index contributed by atoms with van der Waals surface area (Å²) in [5.74, 6) is 0.685. The molecule has 0 saturated carbocycles. The summed E-state index contributed by atoms with van der Waals surface area (Å²) in [5.41, 5.74) is 1.58. The van der Waals surface area contributed by atoms with Gasteiger partial charge in [-0.25, -0.2) is 9.78 Å². The highest BCUT2D eigenvalue weighted by atomic mass is 16.5. The quantitative estimate of drug-likeness (QED) is 0.861. The van der Waals surface area contributed by atoms with E-state index in [4.69, 9.17) is 4.74 Å². The van der Waals surface area contributed by atoms with Crippen molar-refractivity contribution in [1.82, 2.24) is 14.5 Å². The minimum Gasteiger partial charge on any atom is -0.461 e. The maximum atomic E-state index is 11.7. The van der Waals surface area contributed by atoms with Crippen LogP contribution in [0.25, 0.3) is 0 Å². The summed E-state index contributed by atoms with van der Waals surface area (Å²) in [7, 11) is 0. The molecule has 20 heavy (non-hydrogen) atoms. The number of nitrogens with one attached hydrogen (secondary N) is 1. The predicted molar refractivity (Wildman–Crippen MR) is 73.7 cm³/mol. The fourth-order valence-corrected chi connectivity index (χ4v) is 2.37. The summed E-state index contributed by atoms with van der Waals surface area (Å²) in [6.45, 7) is 3.72. The van der Waals surface area contributed by atoms with Crippen LogP contribution in [0.1, 0.15) is 28.9 Å². The Morgan fingerprint density at radius 2 is 2.30 bits per heavy atom. The number of nitrogens with zero attached hydrogens (tertiary/aromatic N) is 3. The number of aromatic nitrogens is 3. The third kappa shape index (κ3) is 2.36. The van der Waals surface area contributed by atoms with E-state index in [9.17, 15) is 4.79 Å². The third-order valence-electron chi connectivity index (χ3n) is 3.36. The summed E-state index contributed by atoms with van der Waals surface area (Å²) < 4.78 is 6.93. The molecule has 0 aromatic carbocycles. The number of imidazole rings is 1. The summed E-state index contributed by atoms with van der Waals surface area (Å²) >= 11 is 0. The van der Waals surface area contributed by atoms with Gasteiger partial charge in [0.1, 0.15) is 0 Å². The van der Waals surface area contributed by atoms with Gasteiger partial charge in [0, 0.05) is 37.6 Å². The molecule has 104 valence electrons. The highest BCUT2D eigenvalue weighted by Crippen LogP contribution is 2.25. The fourth-order valence-electron chi connectivity index (χ4n) is 2.37. The van der Waals surface area contributed by atoms with Crippen LogP contribution in [0.15, 0.2) is 30.7 Å². The standard InChI is InChI=1S/C14H16N4O2/c1-2-20-13(19)12-9-18-8-11(7-16-14(18)17-12)10-3-5-15-6-4-10/h3-6,9,11H,2,7-8H2,1H3,(H,16,17). The van der Waals surface area contributed by atoms with Crippen LogP contribution >= 0.6 is 0 Å². The van der Waals surface area contributed by atoms with Crippen LogP contribution in [0.4, 0.5) is 5.95 Å². The molecule has 0 radical (unpaired) electrons. The third-order valence-corrected chi connectivity index (χ3v) is 3.36. The number of hydrogen-bond donors (Lipinski definition) is 1. The van der Waals surface area contributed by atoms with Crippen molar-refractivity contribution in [3.8, 4) is 0 Å². The van der Waals surface area contributed by atoms with Crippen molar-refractivity contribution in [1.29, 1.82) is 0 Å². The van der Waals surface area contributed by atoms with Crippen molar-refractivity contribution in [2.24, 2.45) is 0 Å². The molecule has 0 amide bonds. The van der Waals surface area contributed by atoms with Crippen LogP contribution in [0, 0.1) is 0 Å². The van der Waals surface area contributed by atoms with E-state index in [2.05, 4.69) is 15.3 Å². The lowest BCUT2D eigenvalue weighted by molar-refractivity contribution is 0.0520. The molecular weight excluding hydrogens is 256 g/mol. The van der Waals surface area contributed by atoms with Crippen LogP contribution in [0.2, 0.25) is 0 Å². The molecule has 1 atom stereocenters. The molecule has 0 spiro atoms. The van der Waals surface area contributed by atoms with Crippen LogP contribution in [-0.2, 0) is 11.3 Å². The molecule has 1 N–H and O–H groups in total. The zero-order chi connectivity index (χ0) is 13.9. The molecule has 1 aliphatic rings.